The molecule has 0 saturated carbocycles. The summed E-state index contributed by atoms with van der Waals surface area (Å²) >= 11 is 1.48. The first-order valence-corrected chi connectivity index (χ1v) is 9.44. The maximum Gasteiger partial charge on any atom is 0.226 e. The van der Waals surface area contributed by atoms with Crippen LogP contribution in [-0.4, -0.2) is 26.1 Å². The van der Waals surface area contributed by atoms with Crippen LogP contribution < -0.4 is 0 Å². The lowest BCUT2D eigenvalue weighted by Crippen LogP contribution is -1.99. The fourth-order valence-electron chi connectivity index (χ4n) is 2.42. The van der Waals surface area contributed by atoms with Crippen molar-refractivity contribution in [2.24, 2.45) is 0 Å². The lowest BCUT2D eigenvalue weighted by Gasteiger charge is -2.05. The molecule has 8 heteroatoms. The molecule has 0 N–H and O–H groups in total. The summed E-state index contributed by atoms with van der Waals surface area (Å²) < 4.78 is 18.9. The molecule has 27 heavy (non-hydrogen) atoms. The quantitative estimate of drug-likeness (QED) is 0.466. The molecule has 0 fully saturated rings. The van der Waals surface area contributed by atoms with Crippen LogP contribution in [0, 0.1) is 37.9 Å². The first kappa shape index (κ1) is 19.0. The Labute approximate surface area is 160 Å². The largest absolute Gasteiger partial charge is 0.339 e. The van der Waals surface area contributed by atoms with E-state index in [0.717, 1.165) is 23.4 Å². The summed E-state index contributed by atoms with van der Waals surface area (Å²) in [4.78, 5) is 4.32. The summed E-state index contributed by atoms with van der Waals surface area (Å²) in [6.45, 7) is 5.42. The molecule has 6 nitrogen and oxygen atoms in total. The fourth-order valence-corrected chi connectivity index (χ4v) is 3.34. The van der Waals surface area contributed by atoms with E-state index in [4.69, 9.17) is 4.52 Å². The van der Waals surface area contributed by atoms with Gasteiger partial charge in [-0.15, -0.1) is 16.9 Å². The second-order valence-corrected chi connectivity index (χ2v) is 7.21. The second kappa shape index (κ2) is 8.27. The minimum atomic E-state index is -0.293. The topological polar surface area (TPSA) is 88.5 Å². The molecule has 0 aliphatic rings. The molecule has 0 radical (unpaired) electrons. The Morgan fingerprint density at radius 2 is 2.04 bits per heavy atom. The first-order valence-electron chi connectivity index (χ1n) is 8.45. The van der Waals surface area contributed by atoms with Crippen molar-refractivity contribution in [3.8, 4) is 17.5 Å². The van der Waals surface area contributed by atoms with Gasteiger partial charge in [-0.2, -0.15) is 15.3 Å². The van der Waals surface area contributed by atoms with Gasteiger partial charge < -0.3 is 4.52 Å². The van der Waals surface area contributed by atoms with Crippen molar-refractivity contribution >= 4 is 11.8 Å². The van der Waals surface area contributed by atoms with E-state index in [2.05, 4.69) is 26.4 Å². The normalized spacial score (nSPS) is 10.8. The van der Waals surface area contributed by atoms with Crippen LogP contribution in [0.5, 0.6) is 0 Å². The van der Waals surface area contributed by atoms with Crippen LogP contribution >= 0.6 is 11.8 Å². The van der Waals surface area contributed by atoms with Crippen molar-refractivity contribution in [3.05, 3.63) is 52.3 Å². The zero-order valence-corrected chi connectivity index (χ0v) is 16.1. The van der Waals surface area contributed by atoms with Crippen molar-refractivity contribution < 1.29 is 8.91 Å². The molecular weight excluding hydrogens is 365 g/mol. The average Bonchev–Trinajstić information content (AvgIpc) is 3.13. The van der Waals surface area contributed by atoms with E-state index in [1.807, 2.05) is 13.8 Å². The molecule has 0 saturated heterocycles. The van der Waals surface area contributed by atoms with E-state index in [9.17, 15) is 9.65 Å². The average molecular weight is 383 g/mol. The highest BCUT2D eigenvalue weighted by molar-refractivity contribution is 7.99. The van der Waals surface area contributed by atoms with Gasteiger partial charge in [-0.25, -0.2) is 4.39 Å². The number of nitriles is 1. The molecule has 3 aromatic rings. The molecule has 138 valence electrons. The predicted molar refractivity (Wildman–Crippen MR) is 99.7 cm³/mol. The van der Waals surface area contributed by atoms with Gasteiger partial charge in [0.05, 0.1) is 11.3 Å². The van der Waals surface area contributed by atoms with Crippen LogP contribution in [0.3, 0.4) is 0 Å². The highest BCUT2D eigenvalue weighted by Gasteiger charge is 2.13. The van der Waals surface area contributed by atoms with Crippen molar-refractivity contribution in [2.45, 2.75) is 38.6 Å². The van der Waals surface area contributed by atoms with Gasteiger partial charge in [-0.05, 0) is 44.4 Å². The minimum Gasteiger partial charge on any atom is -0.339 e. The molecule has 0 spiro atoms. The van der Waals surface area contributed by atoms with Crippen LogP contribution in [0.15, 0.2) is 27.7 Å². The van der Waals surface area contributed by atoms with Crippen LogP contribution in [0.2, 0.25) is 0 Å². The maximum atomic E-state index is 13.7. The van der Waals surface area contributed by atoms with Crippen molar-refractivity contribution in [3.63, 3.8) is 0 Å². The van der Waals surface area contributed by atoms with E-state index >= 15 is 0 Å². The Morgan fingerprint density at radius 3 is 2.78 bits per heavy atom. The van der Waals surface area contributed by atoms with E-state index in [1.54, 1.807) is 19.1 Å². The molecule has 2 aromatic heterocycles. The Bertz CT molecular complexity index is 1010. The van der Waals surface area contributed by atoms with Gasteiger partial charge in [-0.1, -0.05) is 17.3 Å². The number of benzene rings is 1. The highest BCUT2D eigenvalue weighted by Crippen LogP contribution is 2.24. The van der Waals surface area contributed by atoms with E-state index in [0.29, 0.717) is 39.9 Å². The van der Waals surface area contributed by atoms with Gasteiger partial charge >= 0.3 is 0 Å². The molecule has 1 aromatic carbocycles. The number of aryl methyl sites for hydroxylation is 3. The Kier molecular flexibility index (Phi) is 5.81. The molecule has 0 amide bonds. The molecule has 0 aliphatic carbocycles. The van der Waals surface area contributed by atoms with Gasteiger partial charge in [0.15, 0.2) is 0 Å². The van der Waals surface area contributed by atoms with E-state index in [-0.39, 0.29) is 5.82 Å². The van der Waals surface area contributed by atoms with Crippen LogP contribution in [0.25, 0.3) is 11.4 Å². The lowest BCUT2D eigenvalue weighted by atomic mass is 10.1. The summed E-state index contributed by atoms with van der Waals surface area (Å²) in [5.41, 5.74) is 3.37. The number of rotatable bonds is 6. The molecule has 0 aliphatic heterocycles. The third-order valence-electron chi connectivity index (χ3n) is 4.21. The van der Waals surface area contributed by atoms with Crippen molar-refractivity contribution in [2.75, 3.05) is 5.75 Å². The maximum absolute atomic E-state index is 13.7. The molecule has 3 rings (SSSR count). The van der Waals surface area contributed by atoms with Crippen molar-refractivity contribution in [1.82, 2.24) is 20.3 Å². The van der Waals surface area contributed by atoms with Gasteiger partial charge in [0, 0.05) is 17.7 Å². The number of thioether (sulfide) groups is 1. The standard InChI is InChI=1S/C19H18FN5OS/c1-11-6-7-14(9-16(11)20)18-22-17(26-25-18)5-4-8-27-19-15(10-21)12(2)13(3)23-24-19/h6-7,9H,4-5,8H2,1-3H3. The van der Waals surface area contributed by atoms with E-state index < -0.39 is 0 Å². The number of hydrogen-bond acceptors (Lipinski definition) is 7. The lowest BCUT2D eigenvalue weighted by molar-refractivity contribution is 0.378. The smallest absolute Gasteiger partial charge is 0.226 e. The second-order valence-electron chi connectivity index (χ2n) is 6.13. The molecular formula is C19H18FN5OS. The van der Waals surface area contributed by atoms with Gasteiger partial charge in [-0.3, -0.25) is 0 Å². The monoisotopic (exact) mass is 383 g/mol. The molecule has 2 heterocycles. The number of halogens is 1. The van der Waals surface area contributed by atoms with Crippen molar-refractivity contribution in [1.29, 1.82) is 5.26 Å². The Hall–Kier alpha value is -2.79. The summed E-state index contributed by atoms with van der Waals surface area (Å²) in [6, 6.07) is 7.06. The fraction of sp³-hybridized carbons (Fsp3) is 0.316. The predicted octanol–water partition coefficient (Wildman–Crippen LogP) is 4.19. The van der Waals surface area contributed by atoms with Crippen LogP contribution in [0.1, 0.15) is 34.7 Å². The number of hydrogen-bond donors (Lipinski definition) is 0. The third-order valence-corrected chi connectivity index (χ3v) is 5.26. The van der Waals surface area contributed by atoms with Gasteiger partial charge in [0.2, 0.25) is 11.7 Å². The molecule has 0 bridgehead atoms. The van der Waals surface area contributed by atoms with Gasteiger partial charge in [0.1, 0.15) is 16.9 Å². The zero-order valence-electron chi connectivity index (χ0n) is 15.3. The van der Waals surface area contributed by atoms with Crippen LogP contribution in [-0.2, 0) is 6.42 Å². The number of nitrogens with zero attached hydrogens (tertiary/aromatic N) is 5. The highest BCUT2D eigenvalue weighted by atomic mass is 32.2. The first-order chi connectivity index (χ1) is 13.0. The minimum absolute atomic E-state index is 0.293. The molecule has 0 atom stereocenters. The molecule has 0 unspecified atom stereocenters. The summed E-state index contributed by atoms with van der Waals surface area (Å²) in [5, 5.41) is 22.1. The van der Waals surface area contributed by atoms with E-state index in [1.165, 1.54) is 17.8 Å². The van der Waals surface area contributed by atoms with Gasteiger partial charge in [0.25, 0.3) is 0 Å². The summed E-state index contributed by atoms with van der Waals surface area (Å²) in [7, 11) is 0. The van der Waals surface area contributed by atoms with Crippen LogP contribution in [0.4, 0.5) is 4.39 Å². The summed E-state index contributed by atoms with van der Waals surface area (Å²) in [5.74, 6) is 1.32. The Morgan fingerprint density at radius 1 is 1.22 bits per heavy atom. The Balaban J connectivity index is 1.58. The third kappa shape index (κ3) is 4.31. The number of aromatic nitrogens is 4. The summed E-state index contributed by atoms with van der Waals surface area (Å²) in [6.07, 6.45) is 1.36. The SMILES string of the molecule is Cc1ccc(-c2noc(CCCSc3nnc(C)c(C)c3C#N)n2)cc1F. The zero-order chi connectivity index (χ0) is 19.4.